The molecule has 0 atom stereocenters. The van der Waals surface area contributed by atoms with Gasteiger partial charge in [-0.25, -0.2) is 0 Å². The van der Waals surface area contributed by atoms with Gasteiger partial charge in [-0.3, -0.25) is 4.79 Å². The molecule has 0 saturated heterocycles. The van der Waals surface area contributed by atoms with Gasteiger partial charge in [0.1, 0.15) is 23.0 Å². The zero-order valence-corrected chi connectivity index (χ0v) is 15.4. The van der Waals surface area contributed by atoms with E-state index in [9.17, 15) is 4.79 Å². The maximum Gasteiger partial charge on any atom is 0.262 e. The lowest BCUT2D eigenvalue weighted by Crippen LogP contribution is -2.20. The van der Waals surface area contributed by atoms with Crippen LogP contribution in [0.4, 0.5) is 5.69 Å². The number of ether oxygens (including phenoxy) is 4. The van der Waals surface area contributed by atoms with Crippen LogP contribution in [-0.2, 0) is 4.79 Å². The Hall–Kier alpha value is -2.89. The fourth-order valence-electron chi connectivity index (χ4n) is 2.28. The first kappa shape index (κ1) is 19.4. The number of anilines is 1. The highest BCUT2D eigenvalue weighted by molar-refractivity contribution is 5.93. The van der Waals surface area contributed by atoms with Crippen molar-refractivity contribution in [3.05, 3.63) is 42.5 Å². The molecule has 2 aromatic rings. The zero-order valence-electron chi connectivity index (χ0n) is 15.4. The molecule has 1 N–H and O–H groups in total. The summed E-state index contributed by atoms with van der Waals surface area (Å²) >= 11 is 0. The van der Waals surface area contributed by atoms with E-state index in [1.165, 1.54) is 0 Å². The van der Waals surface area contributed by atoms with Crippen LogP contribution in [0, 0.1) is 0 Å². The first-order chi connectivity index (χ1) is 12.7. The van der Waals surface area contributed by atoms with Gasteiger partial charge in [-0.15, -0.1) is 0 Å². The van der Waals surface area contributed by atoms with Gasteiger partial charge in [0.2, 0.25) is 0 Å². The Bertz CT molecular complexity index is 700. The molecule has 0 aliphatic carbocycles. The topological polar surface area (TPSA) is 66.0 Å². The minimum atomic E-state index is -0.284. The highest BCUT2D eigenvalue weighted by Crippen LogP contribution is 2.29. The van der Waals surface area contributed by atoms with Crippen LogP contribution < -0.4 is 24.3 Å². The Morgan fingerprint density at radius 3 is 1.92 bits per heavy atom. The van der Waals surface area contributed by atoms with Gasteiger partial charge >= 0.3 is 0 Å². The molecule has 0 aliphatic heterocycles. The second-order valence-electron chi connectivity index (χ2n) is 5.27. The molecule has 0 bridgehead atoms. The van der Waals surface area contributed by atoms with Crippen molar-refractivity contribution in [2.75, 3.05) is 31.7 Å². The van der Waals surface area contributed by atoms with Gasteiger partial charge in [0.25, 0.3) is 5.91 Å². The Morgan fingerprint density at radius 2 is 1.31 bits per heavy atom. The number of hydrogen-bond acceptors (Lipinski definition) is 5. The van der Waals surface area contributed by atoms with E-state index < -0.39 is 0 Å². The molecule has 0 spiro atoms. The van der Waals surface area contributed by atoms with Crippen molar-refractivity contribution < 1.29 is 23.7 Å². The van der Waals surface area contributed by atoms with Gasteiger partial charge in [0, 0.05) is 6.07 Å². The molecule has 0 heterocycles. The van der Waals surface area contributed by atoms with Crippen LogP contribution in [0.15, 0.2) is 42.5 Å². The van der Waals surface area contributed by atoms with Gasteiger partial charge in [0.15, 0.2) is 6.61 Å². The summed E-state index contributed by atoms with van der Waals surface area (Å²) in [6.07, 6.45) is 0. The first-order valence-corrected chi connectivity index (χ1v) is 8.71. The number of hydrogen-bond donors (Lipinski definition) is 1. The molecule has 0 radical (unpaired) electrons. The molecular weight excluding hydrogens is 334 g/mol. The molecule has 2 aromatic carbocycles. The summed E-state index contributed by atoms with van der Waals surface area (Å²) in [5.74, 6) is 2.33. The van der Waals surface area contributed by atoms with Crippen molar-refractivity contribution in [2.24, 2.45) is 0 Å². The summed E-state index contributed by atoms with van der Waals surface area (Å²) in [4.78, 5) is 12.2. The second kappa shape index (κ2) is 10.2. The van der Waals surface area contributed by atoms with E-state index in [1.54, 1.807) is 42.5 Å². The van der Waals surface area contributed by atoms with Gasteiger partial charge < -0.3 is 24.3 Å². The fourth-order valence-corrected chi connectivity index (χ4v) is 2.28. The molecule has 6 heteroatoms. The van der Waals surface area contributed by atoms with Gasteiger partial charge in [0.05, 0.1) is 25.5 Å². The van der Waals surface area contributed by atoms with Crippen molar-refractivity contribution in [1.82, 2.24) is 0 Å². The van der Waals surface area contributed by atoms with E-state index in [0.717, 1.165) is 5.75 Å². The molecule has 0 fully saturated rings. The maximum atomic E-state index is 12.2. The molecule has 140 valence electrons. The lowest BCUT2D eigenvalue weighted by atomic mass is 10.2. The third kappa shape index (κ3) is 5.88. The summed E-state index contributed by atoms with van der Waals surface area (Å²) in [5.41, 5.74) is 0.554. The zero-order chi connectivity index (χ0) is 18.8. The van der Waals surface area contributed by atoms with Crippen molar-refractivity contribution in [3.63, 3.8) is 0 Å². The summed E-state index contributed by atoms with van der Waals surface area (Å²) in [7, 11) is 0. The molecule has 0 saturated carbocycles. The largest absolute Gasteiger partial charge is 0.494 e. The van der Waals surface area contributed by atoms with Crippen molar-refractivity contribution >= 4 is 11.6 Å². The van der Waals surface area contributed by atoms with E-state index >= 15 is 0 Å². The third-order valence-corrected chi connectivity index (χ3v) is 3.34. The maximum absolute atomic E-state index is 12.2. The van der Waals surface area contributed by atoms with Crippen LogP contribution in [0.25, 0.3) is 0 Å². The fraction of sp³-hybridized carbons (Fsp3) is 0.350. The number of rotatable bonds is 10. The number of carbonyl (C=O) groups excluding carboxylic acids is 1. The first-order valence-electron chi connectivity index (χ1n) is 8.71. The summed E-state index contributed by atoms with van der Waals surface area (Å²) in [6.45, 7) is 7.24. The number of nitrogens with one attached hydrogen (secondary N) is 1. The van der Waals surface area contributed by atoms with Gasteiger partial charge in [-0.1, -0.05) is 0 Å². The Balaban J connectivity index is 1.96. The summed E-state index contributed by atoms with van der Waals surface area (Å²) in [6, 6.07) is 12.4. The quantitative estimate of drug-likeness (QED) is 0.697. The van der Waals surface area contributed by atoms with E-state index in [0.29, 0.717) is 42.8 Å². The average Bonchev–Trinajstić information content (AvgIpc) is 2.64. The molecule has 0 aliphatic rings. The standard InChI is InChI=1S/C20H25NO5/c1-4-23-15-7-9-16(10-8-15)26-14-20(22)21-18-13-17(24-5-2)11-12-19(18)25-6-3/h7-13H,4-6,14H2,1-3H3,(H,21,22). The van der Waals surface area contributed by atoms with E-state index in [-0.39, 0.29) is 12.5 Å². The van der Waals surface area contributed by atoms with Crippen LogP contribution in [0.3, 0.4) is 0 Å². The minimum absolute atomic E-state index is 0.113. The molecule has 2 rings (SSSR count). The normalized spacial score (nSPS) is 10.1. The third-order valence-electron chi connectivity index (χ3n) is 3.34. The Labute approximate surface area is 154 Å². The van der Waals surface area contributed by atoms with E-state index in [4.69, 9.17) is 18.9 Å². The molecule has 6 nitrogen and oxygen atoms in total. The lowest BCUT2D eigenvalue weighted by Gasteiger charge is -2.14. The summed E-state index contributed by atoms with van der Waals surface area (Å²) in [5, 5.41) is 2.80. The van der Waals surface area contributed by atoms with Crippen LogP contribution in [0.1, 0.15) is 20.8 Å². The van der Waals surface area contributed by atoms with Crippen LogP contribution >= 0.6 is 0 Å². The van der Waals surface area contributed by atoms with Crippen LogP contribution in [0.2, 0.25) is 0 Å². The van der Waals surface area contributed by atoms with E-state index in [1.807, 2.05) is 20.8 Å². The molecule has 0 aromatic heterocycles. The number of amides is 1. The number of benzene rings is 2. The van der Waals surface area contributed by atoms with Crippen molar-refractivity contribution in [1.29, 1.82) is 0 Å². The highest BCUT2D eigenvalue weighted by Gasteiger charge is 2.10. The lowest BCUT2D eigenvalue weighted by molar-refractivity contribution is -0.118. The Kier molecular flexibility index (Phi) is 7.61. The molecule has 1 amide bonds. The van der Waals surface area contributed by atoms with Crippen molar-refractivity contribution in [3.8, 4) is 23.0 Å². The smallest absolute Gasteiger partial charge is 0.262 e. The predicted molar refractivity (Wildman–Crippen MR) is 101 cm³/mol. The molecule has 26 heavy (non-hydrogen) atoms. The molecular formula is C20H25NO5. The number of carbonyl (C=O) groups is 1. The van der Waals surface area contributed by atoms with Crippen molar-refractivity contribution in [2.45, 2.75) is 20.8 Å². The minimum Gasteiger partial charge on any atom is -0.494 e. The second-order valence-corrected chi connectivity index (χ2v) is 5.27. The summed E-state index contributed by atoms with van der Waals surface area (Å²) < 4.78 is 21.9. The van der Waals surface area contributed by atoms with Gasteiger partial charge in [-0.2, -0.15) is 0 Å². The van der Waals surface area contributed by atoms with Crippen LogP contribution in [-0.4, -0.2) is 32.3 Å². The van der Waals surface area contributed by atoms with Gasteiger partial charge in [-0.05, 0) is 57.2 Å². The predicted octanol–water partition coefficient (Wildman–Crippen LogP) is 3.90. The monoisotopic (exact) mass is 359 g/mol. The highest BCUT2D eigenvalue weighted by atomic mass is 16.5. The SMILES string of the molecule is CCOc1ccc(OCC(=O)Nc2cc(OCC)ccc2OCC)cc1. The average molecular weight is 359 g/mol. The molecule has 0 unspecified atom stereocenters. The van der Waals surface area contributed by atoms with Crippen LogP contribution in [0.5, 0.6) is 23.0 Å². The Morgan fingerprint density at radius 1 is 0.769 bits per heavy atom. The van der Waals surface area contributed by atoms with E-state index in [2.05, 4.69) is 5.32 Å².